The standard InChI is InChI=1S/C17H28N2O2/c1-4-6-11-21-12-10-19-17(20)15-7-8-16(14(3)13-15)18-9-5-2/h7-8,13,18H,4-6,9-12H2,1-3H3,(H,19,20). The van der Waals surface area contributed by atoms with Gasteiger partial charge in [0.15, 0.2) is 0 Å². The summed E-state index contributed by atoms with van der Waals surface area (Å²) in [6, 6.07) is 5.75. The van der Waals surface area contributed by atoms with Crippen molar-refractivity contribution in [3.8, 4) is 0 Å². The number of amides is 1. The number of unbranched alkanes of at least 4 members (excludes halogenated alkanes) is 1. The van der Waals surface area contributed by atoms with Crippen molar-refractivity contribution in [2.24, 2.45) is 0 Å². The van der Waals surface area contributed by atoms with E-state index in [-0.39, 0.29) is 5.91 Å². The lowest BCUT2D eigenvalue weighted by Crippen LogP contribution is -2.27. The topological polar surface area (TPSA) is 50.4 Å². The van der Waals surface area contributed by atoms with E-state index in [1.54, 1.807) is 0 Å². The van der Waals surface area contributed by atoms with Gasteiger partial charge in [0.25, 0.3) is 5.91 Å². The highest BCUT2D eigenvalue weighted by Gasteiger charge is 2.07. The molecule has 4 heteroatoms. The Morgan fingerprint density at radius 2 is 1.95 bits per heavy atom. The van der Waals surface area contributed by atoms with Gasteiger partial charge < -0.3 is 15.4 Å². The van der Waals surface area contributed by atoms with E-state index in [1.165, 1.54) is 0 Å². The number of benzene rings is 1. The summed E-state index contributed by atoms with van der Waals surface area (Å²) in [7, 11) is 0. The number of hydrogen-bond acceptors (Lipinski definition) is 3. The van der Waals surface area contributed by atoms with Crippen LogP contribution in [0.2, 0.25) is 0 Å². The van der Waals surface area contributed by atoms with Crippen molar-refractivity contribution in [1.82, 2.24) is 5.32 Å². The number of carbonyl (C=O) groups is 1. The van der Waals surface area contributed by atoms with Gasteiger partial charge in [0, 0.05) is 30.9 Å². The van der Waals surface area contributed by atoms with Crippen molar-refractivity contribution in [2.45, 2.75) is 40.0 Å². The summed E-state index contributed by atoms with van der Waals surface area (Å²) in [6.07, 6.45) is 3.28. The lowest BCUT2D eigenvalue weighted by Gasteiger charge is -2.11. The van der Waals surface area contributed by atoms with E-state index < -0.39 is 0 Å². The predicted octanol–water partition coefficient (Wildman–Crippen LogP) is 3.36. The van der Waals surface area contributed by atoms with Gasteiger partial charge in [-0.2, -0.15) is 0 Å². The molecule has 0 aliphatic heterocycles. The van der Waals surface area contributed by atoms with Crippen molar-refractivity contribution in [3.05, 3.63) is 29.3 Å². The Kier molecular flexibility index (Phi) is 8.51. The van der Waals surface area contributed by atoms with Crippen molar-refractivity contribution < 1.29 is 9.53 Å². The Bertz CT molecular complexity index is 433. The van der Waals surface area contributed by atoms with E-state index in [4.69, 9.17) is 4.74 Å². The molecule has 1 aromatic rings. The first-order chi connectivity index (χ1) is 10.2. The first-order valence-electron chi connectivity index (χ1n) is 7.89. The Morgan fingerprint density at radius 3 is 2.62 bits per heavy atom. The summed E-state index contributed by atoms with van der Waals surface area (Å²) < 4.78 is 5.42. The SMILES string of the molecule is CCCCOCCNC(=O)c1ccc(NCCC)c(C)c1. The molecule has 1 amide bonds. The molecule has 0 unspecified atom stereocenters. The average molecular weight is 292 g/mol. The van der Waals surface area contributed by atoms with Crippen LogP contribution in [0, 0.1) is 6.92 Å². The molecule has 0 aliphatic rings. The molecule has 2 N–H and O–H groups in total. The Hall–Kier alpha value is -1.55. The second-order valence-corrected chi connectivity index (χ2v) is 5.18. The number of ether oxygens (including phenoxy) is 1. The van der Waals surface area contributed by atoms with Crippen LogP contribution < -0.4 is 10.6 Å². The van der Waals surface area contributed by atoms with Gasteiger partial charge in [0.1, 0.15) is 0 Å². The Labute approximate surface area is 128 Å². The fourth-order valence-electron chi connectivity index (χ4n) is 1.95. The van der Waals surface area contributed by atoms with E-state index in [9.17, 15) is 4.79 Å². The fourth-order valence-corrected chi connectivity index (χ4v) is 1.95. The van der Waals surface area contributed by atoms with Crippen LogP contribution in [0.5, 0.6) is 0 Å². The zero-order valence-electron chi connectivity index (χ0n) is 13.5. The van der Waals surface area contributed by atoms with E-state index in [0.29, 0.717) is 18.7 Å². The molecule has 0 saturated carbocycles. The van der Waals surface area contributed by atoms with E-state index >= 15 is 0 Å². The van der Waals surface area contributed by atoms with Crippen LogP contribution in [0.4, 0.5) is 5.69 Å². The maximum Gasteiger partial charge on any atom is 0.251 e. The Balaban J connectivity index is 2.38. The molecule has 0 radical (unpaired) electrons. The minimum atomic E-state index is -0.0424. The molecule has 0 saturated heterocycles. The van der Waals surface area contributed by atoms with Crippen LogP contribution in [-0.2, 0) is 4.74 Å². The highest BCUT2D eigenvalue weighted by atomic mass is 16.5. The van der Waals surface area contributed by atoms with E-state index in [2.05, 4.69) is 24.5 Å². The molecule has 0 aliphatic carbocycles. The summed E-state index contributed by atoms with van der Waals surface area (Å²) in [5.74, 6) is -0.0424. The third kappa shape index (κ3) is 6.63. The molecule has 21 heavy (non-hydrogen) atoms. The molecule has 4 nitrogen and oxygen atoms in total. The summed E-state index contributed by atoms with van der Waals surface area (Å²) in [4.78, 5) is 12.0. The highest BCUT2D eigenvalue weighted by Crippen LogP contribution is 2.16. The largest absolute Gasteiger partial charge is 0.385 e. The fraction of sp³-hybridized carbons (Fsp3) is 0.588. The molecule has 0 bridgehead atoms. The summed E-state index contributed by atoms with van der Waals surface area (Å²) >= 11 is 0. The van der Waals surface area contributed by atoms with Crippen LogP contribution >= 0.6 is 0 Å². The van der Waals surface area contributed by atoms with Crippen molar-refractivity contribution in [1.29, 1.82) is 0 Å². The second kappa shape index (κ2) is 10.2. The number of aryl methyl sites for hydroxylation is 1. The normalized spacial score (nSPS) is 10.4. The summed E-state index contributed by atoms with van der Waals surface area (Å²) in [6.45, 7) is 9.12. The molecule has 1 aromatic carbocycles. The molecular weight excluding hydrogens is 264 g/mol. The number of nitrogens with one attached hydrogen (secondary N) is 2. The Morgan fingerprint density at radius 1 is 1.14 bits per heavy atom. The van der Waals surface area contributed by atoms with Gasteiger partial charge in [-0.1, -0.05) is 20.3 Å². The summed E-state index contributed by atoms with van der Waals surface area (Å²) in [5.41, 5.74) is 2.88. The first-order valence-corrected chi connectivity index (χ1v) is 7.89. The predicted molar refractivity (Wildman–Crippen MR) is 88.0 cm³/mol. The van der Waals surface area contributed by atoms with Gasteiger partial charge in [-0.25, -0.2) is 0 Å². The number of anilines is 1. The first kappa shape index (κ1) is 17.5. The van der Waals surface area contributed by atoms with Crippen LogP contribution in [0.25, 0.3) is 0 Å². The quantitative estimate of drug-likeness (QED) is 0.650. The molecule has 0 aromatic heterocycles. The molecule has 0 heterocycles. The van der Waals surface area contributed by atoms with Gasteiger partial charge in [0.05, 0.1) is 6.61 Å². The lowest BCUT2D eigenvalue weighted by molar-refractivity contribution is 0.0912. The van der Waals surface area contributed by atoms with Gasteiger partial charge in [0.2, 0.25) is 0 Å². The highest BCUT2D eigenvalue weighted by molar-refractivity contribution is 5.94. The smallest absolute Gasteiger partial charge is 0.251 e. The van der Waals surface area contributed by atoms with Gasteiger partial charge in [-0.05, 0) is 43.5 Å². The minimum Gasteiger partial charge on any atom is -0.385 e. The number of rotatable bonds is 10. The van der Waals surface area contributed by atoms with Crippen LogP contribution in [0.15, 0.2) is 18.2 Å². The molecule has 0 fully saturated rings. The molecule has 0 atom stereocenters. The third-order valence-corrected chi connectivity index (χ3v) is 3.23. The van der Waals surface area contributed by atoms with Crippen molar-refractivity contribution in [2.75, 3.05) is 31.6 Å². The van der Waals surface area contributed by atoms with Crippen molar-refractivity contribution >= 4 is 11.6 Å². The molecule has 118 valence electrons. The summed E-state index contributed by atoms with van der Waals surface area (Å²) in [5, 5.41) is 6.23. The zero-order valence-corrected chi connectivity index (χ0v) is 13.5. The maximum absolute atomic E-state index is 12.0. The van der Waals surface area contributed by atoms with Crippen LogP contribution in [0.1, 0.15) is 49.0 Å². The third-order valence-electron chi connectivity index (χ3n) is 3.23. The van der Waals surface area contributed by atoms with Gasteiger partial charge >= 0.3 is 0 Å². The van der Waals surface area contributed by atoms with Crippen LogP contribution in [-0.4, -0.2) is 32.2 Å². The lowest BCUT2D eigenvalue weighted by atomic mass is 10.1. The van der Waals surface area contributed by atoms with E-state index in [0.717, 1.165) is 43.7 Å². The van der Waals surface area contributed by atoms with Crippen LogP contribution in [0.3, 0.4) is 0 Å². The van der Waals surface area contributed by atoms with Gasteiger partial charge in [-0.3, -0.25) is 4.79 Å². The van der Waals surface area contributed by atoms with Crippen molar-refractivity contribution in [3.63, 3.8) is 0 Å². The zero-order chi connectivity index (χ0) is 15.5. The molecular formula is C17H28N2O2. The van der Waals surface area contributed by atoms with E-state index in [1.807, 2.05) is 25.1 Å². The maximum atomic E-state index is 12.0. The monoisotopic (exact) mass is 292 g/mol. The molecule has 1 rings (SSSR count). The average Bonchev–Trinajstić information content (AvgIpc) is 2.49. The minimum absolute atomic E-state index is 0.0424. The second-order valence-electron chi connectivity index (χ2n) is 5.18. The number of carbonyl (C=O) groups excluding carboxylic acids is 1. The molecule has 0 spiro atoms. The number of hydrogen-bond donors (Lipinski definition) is 2. The van der Waals surface area contributed by atoms with Gasteiger partial charge in [-0.15, -0.1) is 0 Å².